The van der Waals surface area contributed by atoms with Crippen LogP contribution in [0.4, 0.5) is 5.69 Å². The molecule has 1 unspecified atom stereocenters. The lowest BCUT2D eigenvalue weighted by Gasteiger charge is -2.21. The summed E-state index contributed by atoms with van der Waals surface area (Å²) in [5.74, 6) is -1.44. The third-order valence-corrected chi connectivity index (χ3v) is 3.54. The van der Waals surface area contributed by atoms with Gasteiger partial charge in [0, 0.05) is 11.1 Å². The van der Waals surface area contributed by atoms with Gasteiger partial charge in [0.15, 0.2) is 0 Å². The van der Waals surface area contributed by atoms with Crippen LogP contribution in [-0.2, 0) is 9.59 Å². The van der Waals surface area contributed by atoms with Gasteiger partial charge in [-0.15, -0.1) is 0 Å². The highest BCUT2D eigenvalue weighted by molar-refractivity contribution is 5.94. The topological polar surface area (TPSA) is 66.4 Å². The highest BCUT2D eigenvalue weighted by atomic mass is 16.4. The molecule has 1 amide bonds. The molecule has 0 bridgehead atoms. The second-order valence-electron chi connectivity index (χ2n) is 5.37. The second kappa shape index (κ2) is 5.87. The van der Waals surface area contributed by atoms with Crippen molar-refractivity contribution in [1.29, 1.82) is 0 Å². The highest BCUT2D eigenvalue weighted by Gasteiger charge is 2.25. The van der Waals surface area contributed by atoms with Crippen LogP contribution in [0, 0.1) is 5.41 Å². The Balaban J connectivity index is 2.78. The Morgan fingerprint density at radius 1 is 1.26 bits per heavy atom. The molecule has 104 valence electrons. The summed E-state index contributed by atoms with van der Waals surface area (Å²) >= 11 is 0. The van der Waals surface area contributed by atoms with E-state index in [4.69, 9.17) is 5.11 Å². The fraction of sp³-hybridized carbons (Fsp3) is 0.467. The van der Waals surface area contributed by atoms with Crippen molar-refractivity contribution in [2.24, 2.45) is 5.41 Å². The fourth-order valence-corrected chi connectivity index (χ4v) is 1.46. The zero-order valence-electron chi connectivity index (χ0n) is 11.9. The number of anilines is 1. The molecule has 0 aliphatic rings. The van der Waals surface area contributed by atoms with Crippen molar-refractivity contribution in [1.82, 2.24) is 0 Å². The molecule has 1 rings (SSSR count). The molecule has 1 atom stereocenters. The molecule has 0 aliphatic carbocycles. The summed E-state index contributed by atoms with van der Waals surface area (Å²) in [5.41, 5.74) is 1.00. The number of carboxylic acids is 1. The number of hydrogen-bond donors (Lipinski definition) is 2. The fourth-order valence-electron chi connectivity index (χ4n) is 1.46. The van der Waals surface area contributed by atoms with E-state index in [9.17, 15) is 9.59 Å². The first-order valence-corrected chi connectivity index (χ1v) is 6.42. The molecule has 0 heterocycles. The minimum Gasteiger partial charge on any atom is -0.481 e. The molecule has 0 saturated carbocycles. The van der Waals surface area contributed by atoms with E-state index in [0.717, 1.165) is 12.0 Å². The summed E-state index contributed by atoms with van der Waals surface area (Å²) in [6.45, 7) is 7.39. The monoisotopic (exact) mass is 263 g/mol. The SMILES string of the molecule is CCC(C)(C)C(=O)Nc1ccc(C(C)C(=O)O)cc1. The molecule has 0 fully saturated rings. The predicted octanol–water partition coefficient (Wildman–Crippen LogP) is 3.25. The lowest BCUT2D eigenvalue weighted by atomic mass is 9.89. The molecule has 2 N–H and O–H groups in total. The number of aliphatic carboxylic acids is 1. The van der Waals surface area contributed by atoms with E-state index in [1.54, 1.807) is 31.2 Å². The average molecular weight is 263 g/mol. The number of carbonyl (C=O) groups excluding carboxylic acids is 1. The zero-order valence-corrected chi connectivity index (χ0v) is 11.9. The maximum atomic E-state index is 12.0. The summed E-state index contributed by atoms with van der Waals surface area (Å²) in [5, 5.41) is 11.8. The molecule has 0 aliphatic heterocycles. The maximum Gasteiger partial charge on any atom is 0.310 e. The van der Waals surface area contributed by atoms with Gasteiger partial charge in [-0.3, -0.25) is 9.59 Å². The van der Waals surface area contributed by atoms with E-state index >= 15 is 0 Å². The molecule has 19 heavy (non-hydrogen) atoms. The Kier molecular flexibility index (Phi) is 4.70. The lowest BCUT2D eigenvalue weighted by Crippen LogP contribution is -2.29. The summed E-state index contributed by atoms with van der Waals surface area (Å²) in [6.07, 6.45) is 0.757. The van der Waals surface area contributed by atoms with Crippen LogP contribution in [0.2, 0.25) is 0 Å². The summed E-state index contributed by atoms with van der Waals surface area (Å²) in [7, 11) is 0. The molecule has 1 aromatic carbocycles. The first kappa shape index (κ1) is 15.2. The molecule has 4 nitrogen and oxygen atoms in total. The quantitative estimate of drug-likeness (QED) is 0.857. The molecule has 0 aromatic heterocycles. The summed E-state index contributed by atoms with van der Waals surface area (Å²) in [4.78, 5) is 22.9. The van der Waals surface area contributed by atoms with Gasteiger partial charge in [0.2, 0.25) is 5.91 Å². The van der Waals surface area contributed by atoms with Crippen molar-refractivity contribution in [3.8, 4) is 0 Å². The Hall–Kier alpha value is -1.84. The summed E-state index contributed by atoms with van der Waals surface area (Å²) in [6, 6.07) is 6.93. The van der Waals surface area contributed by atoms with E-state index in [-0.39, 0.29) is 5.91 Å². The predicted molar refractivity (Wildman–Crippen MR) is 75.2 cm³/mol. The van der Waals surface area contributed by atoms with Gasteiger partial charge in [0.05, 0.1) is 5.92 Å². The molecule has 4 heteroatoms. The first-order valence-electron chi connectivity index (χ1n) is 6.42. The normalized spacial score (nSPS) is 12.8. The molecule has 0 saturated heterocycles. The molecule has 0 spiro atoms. The van der Waals surface area contributed by atoms with Crippen LogP contribution in [0.5, 0.6) is 0 Å². The number of carbonyl (C=O) groups is 2. The Bertz CT molecular complexity index is 463. The van der Waals surface area contributed by atoms with E-state index < -0.39 is 17.3 Å². The minimum atomic E-state index is -0.857. The molecular formula is C15H21NO3. The van der Waals surface area contributed by atoms with Gasteiger partial charge in [-0.25, -0.2) is 0 Å². The van der Waals surface area contributed by atoms with Gasteiger partial charge in [-0.1, -0.05) is 32.9 Å². The zero-order chi connectivity index (χ0) is 14.6. The van der Waals surface area contributed by atoms with Crippen LogP contribution in [0.25, 0.3) is 0 Å². The van der Waals surface area contributed by atoms with Gasteiger partial charge < -0.3 is 10.4 Å². The van der Waals surface area contributed by atoms with Crippen molar-refractivity contribution in [2.75, 3.05) is 5.32 Å². The van der Waals surface area contributed by atoms with Crippen LogP contribution in [-0.4, -0.2) is 17.0 Å². The third-order valence-electron chi connectivity index (χ3n) is 3.54. The number of amides is 1. The van der Waals surface area contributed by atoms with Gasteiger partial charge in [0.25, 0.3) is 0 Å². The van der Waals surface area contributed by atoms with E-state index in [1.807, 2.05) is 20.8 Å². The molecular weight excluding hydrogens is 242 g/mol. The van der Waals surface area contributed by atoms with Crippen molar-refractivity contribution < 1.29 is 14.7 Å². The third kappa shape index (κ3) is 3.81. The Morgan fingerprint density at radius 2 is 1.79 bits per heavy atom. The number of benzene rings is 1. The molecule has 1 aromatic rings. The standard InChI is InChI=1S/C15H21NO3/c1-5-15(3,4)14(19)16-12-8-6-11(7-9-12)10(2)13(17)18/h6-10H,5H2,1-4H3,(H,16,19)(H,17,18). The van der Waals surface area contributed by atoms with Gasteiger partial charge in [-0.05, 0) is 31.0 Å². The van der Waals surface area contributed by atoms with Crippen LogP contribution >= 0.6 is 0 Å². The van der Waals surface area contributed by atoms with Crippen LogP contribution in [0.15, 0.2) is 24.3 Å². The second-order valence-corrected chi connectivity index (χ2v) is 5.37. The Morgan fingerprint density at radius 3 is 2.21 bits per heavy atom. The van der Waals surface area contributed by atoms with E-state index in [0.29, 0.717) is 5.69 Å². The van der Waals surface area contributed by atoms with Gasteiger partial charge >= 0.3 is 5.97 Å². The Labute approximate surface area is 113 Å². The largest absolute Gasteiger partial charge is 0.481 e. The number of nitrogens with one attached hydrogen (secondary N) is 1. The van der Waals surface area contributed by atoms with Crippen molar-refractivity contribution in [3.05, 3.63) is 29.8 Å². The van der Waals surface area contributed by atoms with E-state index in [1.165, 1.54) is 0 Å². The summed E-state index contributed by atoms with van der Waals surface area (Å²) < 4.78 is 0. The number of rotatable bonds is 5. The lowest BCUT2D eigenvalue weighted by molar-refractivity contribution is -0.138. The van der Waals surface area contributed by atoms with Gasteiger partial charge in [0.1, 0.15) is 0 Å². The number of hydrogen-bond acceptors (Lipinski definition) is 2. The van der Waals surface area contributed by atoms with Crippen molar-refractivity contribution in [2.45, 2.75) is 40.0 Å². The average Bonchev–Trinajstić information content (AvgIpc) is 2.38. The number of carboxylic acid groups (broad SMARTS) is 1. The maximum absolute atomic E-state index is 12.0. The van der Waals surface area contributed by atoms with Crippen LogP contribution in [0.1, 0.15) is 45.6 Å². The van der Waals surface area contributed by atoms with Crippen molar-refractivity contribution in [3.63, 3.8) is 0 Å². The minimum absolute atomic E-state index is 0.0333. The first-order chi connectivity index (χ1) is 8.77. The van der Waals surface area contributed by atoms with Crippen molar-refractivity contribution >= 4 is 17.6 Å². The van der Waals surface area contributed by atoms with Crippen LogP contribution in [0.3, 0.4) is 0 Å². The van der Waals surface area contributed by atoms with E-state index in [2.05, 4.69) is 5.32 Å². The van der Waals surface area contributed by atoms with Gasteiger partial charge in [-0.2, -0.15) is 0 Å². The molecule has 0 radical (unpaired) electrons. The smallest absolute Gasteiger partial charge is 0.310 e. The highest BCUT2D eigenvalue weighted by Crippen LogP contribution is 2.23. The van der Waals surface area contributed by atoms with Crippen LogP contribution < -0.4 is 5.32 Å².